The number of thioether (sulfide) groups is 1. The largest absolute Gasteiger partial charge is 0.497 e. The van der Waals surface area contributed by atoms with E-state index in [1.165, 1.54) is 16.9 Å². The van der Waals surface area contributed by atoms with Gasteiger partial charge in [-0.15, -0.1) is 0 Å². The maximum Gasteiger partial charge on any atom is 0.293 e. The third-order valence-corrected chi connectivity index (χ3v) is 10.8. The summed E-state index contributed by atoms with van der Waals surface area (Å²) in [7, 11) is 7.95. The Labute approximate surface area is 300 Å². The minimum absolute atomic E-state index is 0.170. The standard InChI is InChI=1S/C22H22ClN3O2S.C17H27NO2/c1-24-10-12-25(13-11-24)19-5-3-2-4-17(19)14-20-21(27)26(22(28)29-20)15-16-6-8-18(23)9-7-16;1-18(2)13-16(17(19)11-5-4-6-12-17)14-7-9-15(20-3)10-8-14/h2-9,14H,10-13,15H2,1H3;7-10,16,19H,4-6,11-13H2,1-3H3/b20-14+;. The number of methoxy groups -OCH3 is 1. The molecule has 6 rings (SSSR count). The number of amides is 2. The van der Waals surface area contributed by atoms with Crippen LogP contribution in [0, 0.1) is 0 Å². The number of hydrogen-bond donors (Lipinski definition) is 1. The van der Waals surface area contributed by atoms with Gasteiger partial charge < -0.3 is 24.5 Å². The third kappa shape index (κ3) is 9.67. The molecule has 1 aliphatic carbocycles. The van der Waals surface area contributed by atoms with Gasteiger partial charge in [0.15, 0.2) is 0 Å². The van der Waals surface area contributed by atoms with Gasteiger partial charge in [-0.2, -0.15) is 0 Å². The minimum atomic E-state index is -0.558. The predicted octanol–water partition coefficient (Wildman–Crippen LogP) is 7.36. The molecule has 1 N–H and O–H groups in total. The molecule has 2 heterocycles. The highest BCUT2D eigenvalue weighted by Crippen LogP contribution is 2.41. The second kappa shape index (κ2) is 17.1. The molecule has 1 atom stereocenters. The first-order valence-electron chi connectivity index (χ1n) is 17.1. The first kappa shape index (κ1) is 36.9. The number of rotatable bonds is 9. The number of halogens is 1. The molecule has 10 heteroatoms. The maximum atomic E-state index is 12.9. The first-order valence-corrected chi connectivity index (χ1v) is 18.3. The van der Waals surface area contributed by atoms with Crippen LogP contribution in [-0.2, 0) is 11.3 Å². The molecule has 1 unspecified atom stereocenters. The second-order valence-corrected chi connectivity index (χ2v) is 14.9. The molecule has 0 aromatic heterocycles. The van der Waals surface area contributed by atoms with Crippen molar-refractivity contribution < 1.29 is 19.4 Å². The molecule has 0 bridgehead atoms. The molecule has 8 nitrogen and oxygen atoms in total. The topological polar surface area (TPSA) is 76.6 Å². The van der Waals surface area contributed by atoms with Crippen molar-refractivity contribution in [1.29, 1.82) is 0 Å². The number of ether oxygens (including phenoxy) is 1. The van der Waals surface area contributed by atoms with Crippen molar-refractivity contribution in [3.8, 4) is 5.75 Å². The zero-order chi connectivity index (χ0) is 35.0. The number of piperazine rings is 1. The van der Waals surface area contributed by atoms with E-state index in [4.69, 9.17) is 16.3 Å². The van der Waals surface area contributed by atoms with Gasteiger partial charge in [-0.3, -0.25) is 14.5 Å². The Morgan fingerprint density at radius 3 is 2.22 bits per heavy atom. The van der Waals surface area contributed by atoms with Gasteiger partial charge in [0.1, 0.15) is 5.75 Å². The first-order chi connectivity index (χ1) is 23.6. The SMILES string of the molecule is CN1CCN(c2ccccc2/C=C2/SC(=O)N(Cc3ccc(Cl)cc3)C2=O)CC1.COc1ccc(C(CN(C)C)C2(O)CCCCC2)cc1. The summed E-state index contributed by atoms with van der Waals surface area (Å²) in [5, 5.41) is 11.5. The Morgan fingerprint density at radius 2 is 1.59 bits per heavy atom. The maximum absolute atomic E-state index is 12.9. The Kier molecular flexibility index (Phi) is 12.8. The van der Waals surface area contributed by atoms with Crippen LogP contribution in [0.25, 0.3) is 6.08 Å². The van der Waals surface area contributed by atoms with E-state index in [2.05, 4.69) is 54.0 Å². The lowest BCUT2D eigenvalue weighted by Crippen LogP contribution is -2.44. The molecule has 1 saturated carbocycles. The molecule has 0 spiro atoms. The van der Waals surface area contributed by atoms with E-state index in [9.17, 15) is 14.7 Å². The molecular weight excluding hydrogens is 656 g/mol. The van der Waals surface area contributed by atoms with Crippen molar-refractivity contribution in [1.82, 2.24) is 14.7 Å². The Hall–Kier alpha value is -3.34. The minimum Gasteiger partial charge on any atom is -0.497 e. The van der Waals surface area contributed by atoms with E-state index in [0.29, 0.717) is 9.93 Å². The summed E-state index contributed by atoms with van der Waals surface area (Å²) in [5.74, 6) is 0.792. The number of aliphatic hydroxyl groups is 1. The molecule has 262 valence electrons. The highest BCUT2D eigenvalue weighted by atomic mass is 35.5. The zero-order valence-corrected chi connectivity index (χ0v) is 30.7. The number of para-hydroxylation sites is 1. The monoisotopic (exact) mass is 704 g/mol. The van der Waals surface area contributed by atoms with Gasteiger partial charge in [-0.25, -0.2) is 0 Å². The van der Waals surface area contributed by atoms with E-state index in [0.717, 1.165) is 92.7 Å². The normalized spacial score (nSPS) is 19.6. The highest BCUT2D eigenvalue weighted by molar-refractivity contribution is 8.18. The third-order valence-electron chi connectivity index (χ3n) is 9.63. The van der Waals surface area contributed by atoms with Crippen molar-refractivity contribution in [2.45, 2.75) is 50.2 Å². The van der Waals surface area contributed by atoms with Crippen molar-refractivity contribution >= 4 is 46.3 Å². The summed E-state index contributed by atoms with van der Waals surface area (Å²) >= 11 is 6.92. The van der Waals surface area contributed by atoms with Crippen LogP contribution in [-0.4, -0.2) is 97.5 Å². The molecular formula is C39H49ClN4O4S. The van der Waals surface area contributed by atoms with Gasteiger partial charge in [-0.1, -0.05) is 73.3 Å². The van der Waals surface area contributed by atoms with E-state index in [1.807, 2.05) is 48.5 Å². The van der Waals surface area contributed by atoms with Crippen LogP contribution in [0.4, 0.5) is 10.5 Å². The molecule has 49 heavy (non-hydrogen) atoms. The van der Waals surface area contributed by atoms with Gasteiger partial charge in [0, 0.05) is 49.4 Å². The van der Waals surface area contributed by atoms with Gasteiger partial charge >= 0.3 is 0 Å². The summed E-state index contributed by atoms with van der Waals surface area (Å²) in [5.41, 5.74) is 3.59. The summed E-state index contributed by atoms with van der Waals surface area (Å²) in [6.07, 6.45) is 7.20. The highest BCUT2D eigenvalue weighted by Gasteiger charge is 2.39. The van der Waals surface area contributed by atoms with Crippen molar-refractivity contribution in [2.75, 3.05) is 65.9 Å². The Morgan fingerprint density at radius 1 is 0.939 bits per heavy atom. The van der Waals surface area contributed by atoms with E-state index >= 15 is 0 Å². The van der Waals surface area contributed by atoms with Crippen molar-refractivity contribution in [3.05, 3.63) is 99.4 Å². The summed E-state index contributed by atoms with van der Waals surface area (Å²) in [4.78, 5) is 33.9. The fourth-order valence-corrected chi connectivity index (χ4v) is 7.75. The number of carbonyl (C=O) groups excluding carboxylic acids is 2. The van der Waals surface area contributed by atoms with Gasteiger partial charge in [0.05, 0.1) is 24.2 Å². The van der Waals surface area contributed by atoms with Crippen LogP contribution < -0.4 is 9.64 Å². The molecule has 3 aliphatic rings. The second-order valence-electron chi connectivity index (χ2n) is 13.5. The number of likely N-dealkylation sites (N-methyl/N-ethyl adjacent to an activating group) is 2. The number of nitrogens with zero attached hydrogens (tertiary/aromatic N) is 4. The van der Waals surface area contributed by atoms with E-state index in [-0.39, 0.29) is 23.6 Å². The molecule has 2 aliphatic heterocycles. The van der Waals surface area contributed by atoms with E-state index < -0.39 is 5.60 Å². The van der Waals surface area contributed by atoms with E-state index in [1.54, 1.807) is 19.2 Å². The fraction of sp³-hybridized carbons (Fsp3) is 0.436. The quantitative estimate of drug-likeness (QED) is 0.232. The number of anilines is 1. The zero-order valence-electron chi connectivity index (χ0n) is 29.1. The van der Waals surface area contributed by atoms with Crippen molar-refractivity contribution in [3.63, 3.8) is 0 Å². The average Bonchev–Trinajstić information content (AvgIpc) is 3.36. The fourth-order valence-electron chi connectivity index (χ4n) is 6.79. The molecule has 3 aromatic rings. The number of carbonyl (C=O) groups is 2. The van der Waals surface area contributed by atoms with Gasteiger partial charge in [0.25, 0.3) is 11.1 Å². The van der Waals surface area contributed by atoms with Crippen LogP contribution in [0.3, 0.4) is 0 Å². The molecule has 2 saturated heterocycles. The summed E-state index contributed by atoms with van der Waals surface area (Å²) < 4.78 is 5.23. The number of imide groups is 1. The van der Waals surface area contributed by atoms with Crippen LogP contribution in [0.15, 0.2) is 77.7 Å². The molecule has 0 radical (unpaired) electrons. The van der Waals surface area contributed by atoms with Crippen LogP contribution >= 0.6 is 23.4 Å². The van der Waals surface area contributed by atoms with Crippen LogP contribution in [0.1, 0.15) is 54.7 Å². The molecule has 2 amide bonds. The Bertz CT molecular complexity index is 1580. The Balaban J connectivity index is 0.000000205. The van der Waals surface area contributed by atoms with Crippen LogP contribution in [0.2, 0.25) is 5.02 Å². The van der Waals surface area contributed by atoms with Gasteiger partial charge in [-0.05, 0) is 98.8 Å². The van der Waals surface area contributed by atoms with Crippen LogP contribution in [0.5, 0.6) is 5.75 Å². The number of hydrogen-bond acceptors (Lipinski definition) is 8. The summed E-state index contributed by atoms with van der Waals surface area (Å²) in [6, 6.07) is 23.4. The molecule has 3 fully saturated rings. The molecule has 3 aromatic carbocycles. The summed E-state index contributed by atoms with van der Waals surface area (Å²) in [6.45, 7) is 5.03. The lowest BCUT2D eigenvalue weighted by atomic mass is 9.72. The average molecular weight is 705 g/mol. The number of benzene rings is 3. The lowest BCUT2D eigenvalue weighted by molar-refractivity contribution is -0.123. The smallest absolute Gasteiger partial charge is 0.293 e. The predicted molar refractivity (Wildman–Crippen MR) is 201 cm³/mol. The van der Waals surface area contributed by atoms with Crippen molar-refractivity contribution in [2.24, 2.45) is 0 Å². The lowest BCUT2D eigenvalue weighted by Gasteiger charge is -2.40. The van der Waals surface area contributed by atoms with Gasteiger partial charge in [0.2, 0.25) is 0 Å².